The maximum Gasteiger partial charge on any atom is 0.220 e. The summed E-state index contributed by atoms with van der Waals surface area (Å²) in [5.41, 5.74) is 1.09. The van der Waals surface area contributed by atoms with Crippen molar-refractivity contribution in [1.82, 2.24) is 10.2 Å². The summed E-state index contributed by atoms with van der Waals surface area (Å²) in [5, 5.41) is 3.05. The number of nitrogens with zero attached hydrogens (tertiary/aromatic N) is 1. The van der Waals surface area contributed by atoms with Crippen molar-refractivity contribution in [3.05, 3.63) is 29.8 Å². The normalized spacial score (nSPS) is 19.0. The topological polar surface area (TPSA) is 41.6 Å². The van der Waals surface area contributed by atoms with Crippen molar-refractivity contribution in [3.63, 3.8) is 0 Å². The average Bonchev–Trinajstić information content (AvgIpc) is 2.89. The Morgan fingerprint density at radius 2 is 2.25 bits per heavy atom. The second-order valence-corrected chi connectivity index (χ2v) is 5.53. The number of aryl methyl sites for hydroxylation is 1. The van der Waals surface area contributed by atoms with E-state index >= 15 is 0 Å². The van der Waals surface area contributed by atoms with Gasteiger partial charge >= 0.3 is 0 Å². The highest BCUT2D eigenvalue weighted by Gasteiger charge is 2.19. The lowest BCUT2D eigenvalue weighted by Crippen LogP contribution is -2.30. The molecule has 20 heavy (non-hydrogen) atoms. The monoisotopic (exact) mass is 276 g/mol. The number of benzene rings is 1. The Hall–Kier alpha value is -1.55. The van der Waals surface area contributed by atoms with Gasteiger partial charge in [0.2, 0.25) is 5.91 Å². The molecule has 1 unspecified atom stereocenters. The molecule has 0 spiro atoms. The molecule has 1 N–H and O–H groups in total. The minimum absolute atomic E-state index is 0.130. The highest BCUT2D eigenvalue weighted by atomic mass is 16.5. The van der Waals surface area contributed by atoms with Gasteiger partial charge in [0.05, 0.1) is 7.11 Å². The van der Waals surface area contributed by atoms with Gasteiger partial charge in [-0.15, -0.1) is 0 Å². The lowest BCUT2D eigenvalue weighted by Gasteiger charge is -2.12. The molecule has 1 aliphatic heterocycles. The van der Waals surface area contributed by atoms with Gasteiger partial charge in [0.1, 0.15) is 5.75 Å². The number of methoxy groups -OCH3 is 1. The highest BCUT2D eigenvalue weighted by Crippen LogP contribution is 2.18. The van der Waals surface area contributed by atoms with Gasteiger partial charge in [-0.1, -0.05) is 18.2 Å². The molecule has 1 atom stereocenters. The molecule has 0 radical (unpaired) electrons. The van der Waals surface area contributed by atoms with E-state index < -0.39 is 0 Å². The fourth-order valence-electron chi connectivity index (χ4n) is 2.70. The van der Waals surface area contributed by atoms with Crippen LogP contribution in [0.4, 0.5) is 0 Å². The van der Waals surface area contributed by atoms with E-state index in [0.717, 1.165) is 37.4 Å². The quantitative estimate of drug-likeness (QED) is 0.860. The van der Waals surface area contributed by atoms with Crippen LogP contribution >= 0.6 is 0 Å². The van der Waals surface area contributed by atoms with Crippen molar-refractivity contribution in [2.75, 3.05) is 33.8 Å². The van der Waals surface area contributed by atoms with Crippen LogP contribution in [0.5, 0.6) is 5.75 Å². The van der Waals surface area contributed by atoms with Crippen LogP contribution in [0.25, 0.3) is 0 Å². The van der Waals surface area contributed by atoms with Crippen LogP contribution in [0, 0.1) is 5.92 Å². The van der Waals surface area contributed by atoms with Gasteiger partial charge in [0.15, 0.2) is 0 Å². The minimum Gasteiger partial charge on any atom is -0.496 e. The number of carbonyl (C=O) groups is 1. The average molecular weight is 276 g/mol. The lowest BCUT2D eigenvalue weighted by atomic mass is 10.1. The standard InChI is InChI=1S/C16H24N2O2/c1-18-10-9-13(12-18)11-17-16(19)8-7-14-5-3-4-6-15(14)20-2/h3-6,13H,7-12H2,1-2H3,(H,17,19). The van der Waals surface area contributed by atoms with Crippen LogP contribution in [0.3, 0.4) is 0 Å². The molecule has 110 valence electrons. The van der Waals surface area contributed by atoms with E-state index in [1.165, 1.54) is 6.42 Å². The number of carbonyl (C=O) groups excluding carboxylic acids is 1. The number of rotatable bonds is 6. The number of hydrogen-bond donors (Lipinski definition) is 1. The first-order valence-corrected chi connectivity index (χ1v) is 7.26. The number of nitrogens with one attached hydrogen (secondary N) is 1. The van der Waals surface area contributed by atoms with Gasteiger partial charge in [0, 0.05) is 19.5 Å². The van der Waals surface area contributed by atoms with Gasteiger partial charge in [-0.25, -0.2) is 0 Å². The van der Waals surface area contributed by atoms with Crippen LogP contribution in [0.2, 0.25) is 0 Å². The predicted octanol–water partition coefficient (Wildman–Crippen LogP) is 1.70. The Balaban J connectivity index is 1.72. The van der Waals surface area contributed by atoms with Gasteiger partial charge < -0.3 is 15.0 Å². The highest BCUT2D eigenvalue weighted by molar-refractivity contribution is 5.76. The van der Waals surface area contributed by atoms with Crippen molar-refractivity contribution in [2.45, 2.75) is 19.3 Å². The molecule has 1 aromatic carbocycles. The molecule has 1 aliphatic rings. The molecule has 1 aromatic rings. The van der Waals surface area contributed by atoms with E-state index in [1.54, 1.807) is 7.11 Å². The van der Waals surface area contributed by atoms with Gasteiger partial charge in [-0.3, -0.25) is 4.79 Å². The van der Waals surface area contributed by atoms with Crippen molar-refractivity contribution in [3.8, 4) is 5.75 Å². The fourth-order valence-corrected chi connectivity index (χ4v) is 2.70. The first kappa shape index (κ1) is 14.9. The maximum atomic E-state index is 11.9. The summed E-state index contributed by atoms with van der Waals surface area (Å²) in [5.74, 6) is 1.60. The molecule has 4 nitrogen and oxygen atoms in total. The molecular weight excluding hydrogens is 252 g/mol. The smallest absolute Gasteiger partial charge is 0.220 e. The summed E-state index contributed by atoms with van der Waals surface area (Å²) in [6, 6.07) is 7.86. The van der Waals surface area contributed by atoms with E-state index in [2.05, 4.69) is 17.3 Å². The molecule has 1 amide bonds. The third-order valence-corrected chi connectivity index (χ3v) is 3.89. The fraction of sp³-hybridized carbons (Fsp3) is 0.562. The third kappa shape index (κ3) is 4.23. The SMILES string of the molecule is COc1ccccc1CCC(=O)NCC1CCN(C)C1. The van der Waals surface area contributed by atoms with Crippen LogP contribution in [0.15, 0.2) is 24.3 Å². The Morgan fingerprint density at radius 1 is 1.45 bits per heavy atom. The zero-order valence-corrected chi connectivity index (χ0v) is 12.4. The van der Waals surface area contributed by atoms with Crippen molar-refractivity contribution >= 4 is 5.91 Å². The Morgan fingerprint density at radius 3 is 2.95 bits per heavy atom. The molecule has 2 rings (SSSR count). The first-order valence-electron chi connectivity index (χ1n) is 7.26. The summed E-state index contributed by atoms with van der Waals surface area (Å²) in [4.78, 5) is 14.2. The molecule has 4 heteroatoms. The van der Waals surface area contributed by atoms with E-state index in [9.17, 15) is 4.79 Å². The zero-order valence-electron chi connectivity index (χ0n) is 12.4. The van der Waals surface area contributed by atoms with E-state index in [-0.39, 0.29) is 5.91 Å². The second kappa shape index (κ2) is 7.29. The number of hydrogen-bond acceptors (Lipinski definition) is 3. The van der Waals surface area contributed by atoms with Gasteiger partial charge in [-0.2, -0.15) is 0 Å². The molecule has 1 fully saturated rings. The molecule has 0 aromatic heterocycles. The molecule has 1 saturated heterocycles. The van der Waals surface area contributed by atoms with E-state index in [1.807, 2.05) is 24.3 Å². The number of amides is 1. The van der Waals surface area contributed by atoms with Crippen molar-refractivity contribution in [2.24, 2.45) is 5.92 Å². The maximum absolute atomic E-state index is 11.9. The van der Waals surface area contributed by atoms with E-state index in [4.69, 9.17) is 4.74 Å². The molecule has 0 bridgehead atoms. The van der Waals surface area contributed by atoms with Crippen LogP contribution in [-0.4, -0.2) is 44.6 Å². The molecule has 1 heterocycles. The lowest BCUT2D eigenvalue weighted by molar-refractivity contribution is -0.121. The van der Waals surface area contributed by atoms with Gasteiger partial charge in [0.25, 0.3) is 0 Å². The largest absolute Gasteiger partial charge is 0.496 e. The summed E-state index contributed by atoms with van der Waals surface area (Å²) >= 11 is 0. The Kier molecular flexibility index (Phi) is 5.41. The predicted molar refractivity (Wildman–Crippen MR) is 79.9 cm³/mol. The summed E-state index contributed by atoms with van der Waals surface area (Å²) in [6.45, 7) is 3.03. The summed E-state index contributed by atoms with van der Waals surface area (Å²) in [6.07, 6.45) is 2.42. The summed E-state index contributed by atoms with van der Waals surface area (Å²) < 4.78 is 5.29. The van der Waals surface area contributed by atoms with E-state index in [0.29, 0.717) is 12.3 Å². The number of para-hydroxylation sites is 1. The Labute approximate surface area is 121 Å². The van der Waals surface area contributed by atoms with Crippen LogP contribution < -0.4 is 10.1 Å². The van der Waals surface area contributed by atoms with Crippen molar-refractivity contribution in [1.29, 1.82) is 0 Å². The van der Waals surface area contributed by atoms with Crippen LogP contribution in [-0.2, 0) is 11.2 Å². The third-order valence-electron chi connectivity index (χ3n) is 3.89. The molecular formula is C16H24N2O2. The van der Waals surface area contributed by atoms with Crippen LogP contribution in [0.1, 0.15) is 18.4 Å². The minimum atomic E-state index is 0.130. The summed E-state index contributed by atoms with van der Waals surface area (Å²) in [7, 11) is 3.79. The van der Waals surface area contributed by atoms with Gasteiger partial charge in [-0.05, 0) is 44.0 Å². The second-order valence-electron chi connectivity index (χ2n) is 5.53. The number of ether oxygens (including phenoxy) is 1. The Bertz CT molecular complexity index is 448. The number of likely N-dealkylation sites (tertiary alicyclic amines) is 1. The zero-order chi connectivity index (χ0) is 14.4. The molecule has 0 aliphatic carbocycles. The van der Waals surface area contributed by atoms with Crippen molar-refractivity contribution < 1.29 is 9.53 Å². The first-order chi connectivity index (χ1) is 9.69. The molecule has 0 saturated carbocycles.